The molecule has 0 saturated carbocycles. The van der Waals surface area contributed by atoms with Gasteiger partial charge in [0.1, 0.15) is 23.2 Å². The molecule has 1 saturated heterocycles. The number of quaternary nitrogens is 1. The number of hydrogen-bond acceptors (Lipinski definition) is 4. The van der Waals surface area contributed by atoms with Gasteiger partial charge in [0.25, 0.3) is 0 Å². The summed E-state index contributed by atoms with van der Waals surface area (Å²) in [5.41, 5.74) is 2.54. The van der Waals surface area contributed by atoms with Crippen molar-refractivity contribution in [1.82, 2.24) is 9.78 Å². The summed E-state index contributed by atoms with van der Waals surface area (Å²) in [4.78, 5) is 12.3. The zero-order chi connectivity index (χ0) is 18.0. The average Bonchev–Trinajstić information content (AvgIpc) is 3.13. The summed E-state index contributed by atoms with van der Waals surface area (Å²) in [6.07, 6.45) is 2.26. The first-order chi connectivity index (χ1) is 12.0. The molecular formula is C18H25N4O3+. The number of rotatable bonds is 6. The number of aromatic nitrogens is 2. The Morgan fingerprint density at radius 2 is 2.08 bits per heavy atom. The molecule has 1 unspecified atom stereocenters. The molecule has 0 aliphatic carbocycles. The normalized spacial score (nSPS) is 20.0. The van der Waals surface area contributed by atoms with Gasteiger partial charge in [0.15, 0.2) is 6.67 Å². The zero-order valence-corrected chi connectivity index (χ0v) is 15.0. The molecule has 1 aromatic carbocycles. The van der Waals surface area contributed by atoms with Crippen molar-refractivity contribution in [2.24, 2.45) is 0 Å². The summed E-state index contributed by atoms with van der Waals surface area (Å²) >= 11 is 0. The van der Waals surface area contributed by atoms with E-state index in [0.29, 0.717) is 30.7 Å². The summed E-state index contributed by atoms with van der Waals surface area (Å²) in [7, 11) is 0. The highest BCUT2D eigenvalue weighted by molar-refractivity contribution is 5.39. The van der Waals surface area contributed by atoms with E-state index < -0.39 is 0 Å². The lowest BCUT2D eigenvalue weighted by Gasteiger charge is -2.22. The van der Waals surface area contributed by atoms with Crippen LogP contribution < -0.4 is 9.64 Å². The lowest BCUT2D eigenvalue weighted by atomic mass is 10.0. The van der Waals surface area contributed by atoms with E-state index in [1.165, 1.54) is 10.5 Å². The number of nitrogens with one attached hydrogen (secondary N) is 1. The van der Waals surface area contributed by atoms with E-state index in [4.69, 9.17) is 4.74 Å². The minimum absolute atomic E-state index is 0.135. The zero-order valence-electron chi connectivity index (χ0n) is 15.0. The summed E-state index contributed by atoms with van der Waals surface area (Å²) < 4.78 is 7.30. The molecule has 0 spiro atoms. The Morgan fingerprint density at radius 3 is 2.68 bits per heavy atom. The van der Waals surface area contributed by atoms with E-state index in [1.54, 1.807) is 18.5 Å². The van der Waals surface area contributed by atoms with Gasteiger partial charge in [-0.05, 0) is 45.0 Å². The molecule has 1 aliphatic heterocycles. The first kappa shape index (κ1) is 17.4. The Morgan fingerprint density at radius 1 is 1.36 bits per heavy atom. The van der Waals surface area contributed by atoms with Crippen LogP contribution in [-0.4, -0.2) is 27.9 Å². The number of ether oxygens (including phenoxy) is 1. The predicted octanol–water partition coefficient (Wildman–Crippen LogP) is 2.18. The van der Waals surface area contributed by atoms with Crippen molar-refractivity contribution in [1.29, 1.82) is 0 Å². The van der Waals surface area contributed by atoms with Gasteiger partial charge in [-0.15, -0.1) is 0 Å². The molecule has 1 aromatic heterocycles. The minimum atomic E-state index is -0.336. The quantitative estimate of drug-likeness (QED) is 0.643. The number of nitro groups is 1. The summed E-state index contributed by atoms with van der Waals surface area (Å²) in [6, 6.07) is 8.68. The van der Waals surface area contributed by atoms with Gasteiger partial charge >= 0.3 is 5.69 Å². The Hall–Kier alpha value is -2.41. The van der Waals surface area contributed by atoms with Gasteiger partial charge in [-0.2, -0.15) is 5.10 Å². The van der Waals surface area contributed by atoms with Crippen molar-refractivity contribution in [3.63, 3.8) is 0 Å². The molecule has 7 nitrogen and oxygen atoms in total. The van der Waals surface area contributed by atoms with Crippen LogP contribution >= 0.6 is 0 Å². The van der Waals surface area contributed by atoms with Crippen molar-refractivity contribution < 1.29 is 14.6 Å². The minimum Gasteiger partial charge on any atom is -0.494 e. The first-order valence-electron chi connectivity index (χ1n) is 8.77. The van der Waals surface area contributed by atoms with Gasteiger partial charge in [0, 0.05) is 18.4 Å². The molecule has 25 heavy (non-hydrogen) atoms. The Labute approximate surface area is 147 Å². The number of nitrogens with zero attached hydrogens (tertiary/aromatic N) is 3. The number of aryl methyl sites for hydroxylation is 1. The Bertz CT molecular complexity index is 754. The van der Waals surface area contributed by atoms with E-state index in [2.05, 4.69) is 17.2 Å². The van der Waals surface area contributed by atoms with E-state index in [0.717, 1.165) is 25.1 Å². The van der Waals surface area contributed by atoms with Crippen LogP contribution in [0.1, 0.15) is 42.8 Å². The van der Waals surface area contributed by atoms with E-state index in [1.807, 2.05) is 19.1 Å². The van der Waals surface area contributed by atoms with Gasteiger partial charge in [-0.25, -0.2) is 4.68 Å². The molecule has 134 valence electrons. The van der Waals surface area contributed by atoms with Crippen LogP contribution in [0, 0.1) is 24.0 Å². The molecule has 3 rings (SSSR count). The fourth-order valence-corrected chi connectivity index (χ4v) is 3.76. The molecule has 2 atom stereocenters. The SMILES string of the molecule is CCOc1ccc([C@H]2CCC[NH+]2Cn2nc(C)c([N+](=O)[O-])c2C)cc1. The van der Waals surface area contributed by atoms with Crippen LogP contribution in [0.4, 0.5) is 5.69 Å². The van der Waals surface area contributed by atoms with Gasteiger partial charge in [0.2, 0.25) is 0 Å². The second kappa shape index (κ2) is 7.23. The second-order valence-electron chi connectivity index (χ2n) is 6.54. The van der Waals surface area contributed by atoms with Gasteiger partial charge in [-0.3, -0.25) is 10.1 Å². The van der Waals surface area contributed by atoms with Crippen molar-refractivity contribution in [2.45, 2.75) is 46.3 Å². The summed E-state index contributed by atoms with van der Waals surface area (Å²) in [5, 5.41) is 15.6. The standard InChI is InChI=1S/C18H24N4O3/c1-4-25-16-9-7-15(8-10-16)17-6-5-11-20(17)12-21-14(3)18(22(23)24)13(2)19-21/h7-10,17H,4-6,11-12H2,1-3H3/p+1/t17-/m1/s1. The van der Waals surface area contributed by atoms with E-state index >= 15 is 0 Å². The average molecular weight is 345 g/mol. The van der Waals surface area contributed by atoms with E-state index in [9.17, 15) is 10.1 Å². The topological polar surface area (TPSA) is 74.6 Å². The number of likely N-dealkylation sites (tertiary alicyclic amines) is 1. The van der Waals surface area contributed by atoms with Crippen molar-refractivity contribution in [3.8, 4) is 5.75 Å². The maximum atomic E-state index is 11.2. The number of benzene rings is 1. The largest absolute Gasteiger partial charge is 0.494 e. The van der Waals surface area contributed by atoms with E-state index in [-0.39, 0.29) is 10.6 Å². The highest BCUT2D eigenvalue weighted by Gasteiger charge is 2.32. The van der Waals surface area contributed by atoms with Crippen LogP contribution in [0.25, 0.3) is 0 Å². The fourth-order valence-electron chi connectivity index (χ4n) is 3.76. The summed E-state index contributed by atoms with van der Waals surface area (Å²) in [6.45, 7) is 7.81. The molecule has 1 fully saturated rings. The lowest BCUT2D eigenvalue weighted by molar-refractivity contribution is -0.941. The highest BCUT2D eigenvalue weighted by Crippen LogP contribution is 2.24. The molecular weight excluding hydrogens is 320 g/mol. The molecule has 0 radical (unpaired) electrons. The molecule has 7 heteroatoms. The smallest absolute Gasteiger partial charge is 0.312 e. The fraction of sp³-hybridized carbons (Fsp3) is 0.500. The van der Waals surface area contributed by atoms with Crippen LogP contribution in [0.2, 0.25) is 0 Å². The van der Waals surface area contributed by atoms with Crippen molar-refractivity contribution in [2.75, 3.05) is 13.2 Å². The molecule has 0 amide bonds. The molecule has 2 aromatic rings. The predicted molar refractivity (Wildman–Crippen MR) is 93.8 cm³/mol. The third kappa shape index (κ3) is 3.51. The third-order valence-electron chi connectivity index (χ3n) is 4.96. The summed E-state index contributed by atoms with van der Waals surface area (Å²) in [5.74, 6) is 0.889. The monoisotopic (exact) mass is 345 g/mol. The number of hydrogen-bond donors (Lipinski definition) is 1. The highest BCUT2D eigenvalue weighted by atomic mass is 16.6. The van der Waals surface area contributed by atoms with Crippen LogP contribution in [-0.2, 0) is 6.67 Å². The Balaban J connectivity index is 1.78. The second-order valence-corrected chi connectivity index (χ2v) is 6.54. The van der Waals surface area contributed by atoms with Crippen LogP contribution in [0.3, 0.4) is 0 Å². The molecule has 0 bridgehead atoms. The molecule has 2 heterocycles. The van der Waals surface area contributed by atoms with Gasteiger partial charge in [-0.1, -0.05) is 0 Å². The van der Waals surface area contributed by atoms with Crippen LogP contribution in [0.15, 0.2) is 24.3 Å². The maximum absolute atomic E-state index is 11.2. The van der Waals surface area contributed by atoms with Crippen molar-refractivity contribution in [3.05, 3.63) is 51.3 Å². The maximum Gasteiger partial charge on any atom is 0.312 e. The lowest BCUT2D eigenvalue weighted by Crippen LogP contribution is -3.09. The first-order valence-corrected chi connectivity index (χ1v) is 8.77. The van der Waals surface area contributed by atoms with Gasteiger partial charge < -0.3 is 9.64 Å². The van der Waals surface area contributed by atoms with Crippen LogP contribution in [0.5, 0.6) is 5.75 Å². The molecule has 1 N–H and O–H groups in total. The van der Waals surface area contributed by atoms with Gasteiger partial charge in [0.05, 0.1) is 18.1 Å². The third-order valence-corrected chi connectivity index (χ3v) is 4.96. The Kier molecular flexibility index (Phi) is 5.03. The molecule has 1 aliphatic rings. The van der Waals surface area contributed by atoms with Crippen molar-refractivity contribution >= 4 is 5.69 Å².